The summed E-state index contributed by atoms with van der Waals surface area (Å²) in [7, 11) is 0. The van der Waals surface area contributed by atoms with Crippen LogP contribution in [0.25, 0.3) is 21.8 Å². The second-order valence-corrected chi connectivity index (χ2v) is 5.43. The highest BCUT2D eigenvalue weighted by Crippen LogP contribution is 2.29. The molecule has 6 nitrogen and oxygen atoms in total. The summed E-state index contributed by atoms with van der Waals surface area (Å²) in [5.41, 5.74) is 2.39. The highest BCUT2D eigenvalue weighted by molar-refractivity contribution is 6.11. The van der Waals surface area contributed by atoms with E-state index in [0.29, 0.717) is 26.3 Å². The largest absolute Gasteiger partial charge is 0.378 e. The molecule has 1 N–H and O–H groups in total. The number of nitrogens with one attached hydrogen (secondary N) is 1. The molecule has 4 rings (SSSR count). The van der Waals surface area contributed by atoms with Crippen LogP contribution >= 0.6 is 0 Å². The zero-order valence-corrected chi connectivity index (χ0v) is 12.5. The van der Waals surface area contributed by atoms with Crippen molar-refractivity contribution < 1.29 is 9.53 Å². The zero-order chi connectivity index (χ0) is 15.6. The molecule has 0 radical (unpaired) electrons. The topological polar surface area (TPSA) is 67.4 Å². The highest BCUT2D eigenvalue weighted by atomic mass is 16.5. The Morgan fingerprint density at radius 1 is 1.09 bits per heavy atom. The first-order chi connectivity index (χ1) is 11.3. The summed E-state index contributed by atoms with van der Waals surface area (Å²) in [4.78, 5) is 23.1. The number of hydrogen-bond donors (Lipinski definition) is 1. The molecule has 0 atom stereocenters. The molecule has 1 aliphatic rings. The Hall–Kier alpha value is -2.73. The van der Waals surface area contributed by atoms with Gasteiger partial charge in [0.1, 0.15) is 0 Å². The number of urea groups is 1. The Morgan fingerprint density at radius 3 is 2.65 bits per heavy atom. The maximum atomic E-state index is 12.5. The van der Waals surface area contributed by atoms with Crippen molar-refractivity contribution in [2.24, 2.45) is 0 Å². The molecular formula is C17H16N4O2. The molecule has 1 aromatic carbocycles. The Morgan fingerprint density at radius 2 is 1.83 bits per heavy atom. The number of aromatic nitrogens is 2. The van der Waals surface area contributed by atoms with Crippen LogP contribution in [0.15, 0.2) is 42.7 Å². The van der Waals surface area contributed by atoms with Crippen LogP contribution < -0.4 is 5.32 Å². The van der Waals surface area contributed by atoms with E-state index in [9.17, 15) is 4.79 Å². The van der Waals surface area contributed by atoms with E-state index in [4.69, 9.17) is 4.74 Å². The number of morpholine rings is 1. The molecule has 3 heterocycles. The Kier molecular flexibility index (Phi) is 3.51. The van der Waals surface area contributed by atoms with Crippen LogP contribution in [-0.4, -0.2) is 47.2 Å². The third-order valence-electron chi connectivity index (χ3n) is 4.00. The van der Waals surface area contributed by atoms with Crippen molar-refractivity contribution in [2.45, 2.75) is 0 Å². The van der Waals surface area contributed by atoms with E-state index >= 15 is 0 Å². The van der Waals surface area contributed by atoms with Gasteiger partial charge in [-0.25, -0.2) is 4.79 Å². The van der Waals surface area contributed by atoms with Crippen molar-refractivity contribution in [1.82, 2.24) is 14.9 Å². The molecule has 0 saturated carbocycles. The standard InChI is InChI=1S/C17H16N4O2/c22-17(21-7-9-23-10-8-21)20-14-11-12-3-1-5-18-15(12)16-13(14)4-2-6-19-16/h1-6,11H,7-10H2,(H,20,22). The number of ether oxygens (including phenoxy) is 1. The average molecular weight is 308 g/mol. The molecule has 1 aliphatic heterocycles. The molecule has 0 spiro atoms. The quantitative estimate of drug-likeness (QED) is 0.702. The van der Waals surface area contributed by atoms with Gasteiger partial charge < -0.3 is 15.0 Å². The van der Waals surface area contributed by atoms with Gasteiger partial charge in [-0.3, -0.25) is 9.97 Å². The maximum Gasteiger partial charge on any atom is 0.322 e. The van der Waals surface area contributed by atoms with Crippen molar-refractivity contribution in [3.63, 3.8) is 0 Å². The molecule has 2 aromatic heterocycles. The summed E-state index contributed by atoms with van der Waals surface area (Å²) in [6, 6.07) is 9.50. The van der Waals surface area contributed by atoms with Crippen LogP contribution in [-0.2, 0) is 4.74 Å². The summed E-state index contributed by atoms with van der Waals surface area (Å²) in [6.07, 6.45) is 3.49. The molecule has 0 bridgehead atoms. The number of benzene rings is 1. The van der Waals surface area contributed by atoms with E-state index in [1.165, 1.54) is 0 Å². The lowest BCUT2D eigenvalue weighted by atomic mass is 10.1. The van der Waals surface area contributed by atoms with Crippen molar-refractivity contribution in [2.75, 3.05) is 31.6 Å². The average Bonchev–Trinajstić information content (AvgIpc) is 2.62. The summed E-state index contributed by atoms with van der Waals surface area (Å²) in [5, 5.41) is 4.85. The van der Waals surface area contributed by atoms with Crippen LogP contribution in [0, 0.1) is 0 Å². The Balaban J connectivity index is 1.77. The number of hydrogen-bond acceptors (Lipinski definition) is 4. The van der Waals surface area contributed by atoms with Crippen molar-refractivity contribution >= 4 is 33.5 Å². The summed E-state index contributed by atoms with van der Waals surface area (Å²) >= 11 is 0. The van der Waals surface area contributed by atoms with Gasteiger partial charge in [-0.15, -0.1) is 0 Å². The number of amides is 2. The molecule has 3 aromatic rings. The summed E-state index contributed by atoms with van der Waals surface area (Å²) < 4.78 is 5.29. The van der Waals surface area contributed by atoms with Gasteiger partial charge in [0.2, 0.25) is 0 Å². The van der Waals surface area contributed by atoms with Gasteiger partial charge in [0, 0.05) is 36.3 Å². The number of anilines is 1. The van der Waals surface area contributed by atoms with Gasteiger partial charge in [-0.2, -0.15) is 0 Å². The fourth-order valence-corrected chi connectivity index (χ4v) is 2.84. The fourth-order valence-electron chi connectivity index (χ4n) is 2.84. The lowest BCUT2D eigenvalue weighted by Gasteiger charge is -2.27. The second kappa shape index (κ2) is 5.81. The van der Waals surface area contributed by atoms with Gasteiger partial charge in [-0.1, -0.05) is 6.07 Å². The minimum Gasteiger partial charge on any atom is -0.378 e. The Labute approximate surface area is 133 Å². The minimum atomic E-state index is -0.110. The van der Waals surface area contributed by atoms with Crippen LogP contribution in [0.1, 0.15) is 0 Å². The van der Waals surface area contributed by atoms with E-state index in [1.54, 1.807) is 17.3 Å². The first-order valence-electron chi connectivity index (χ1n) is 7.59. The predicted octanol–water partition coefficient (Wildman–Crippen LogP) is 2.65. The first-order valence-corrected chi connectivity index (χ1v) is 7.59. The van der Waals surface area contributed by atoms with Gasteiger partial charge in [0.05, 0.1) is 29.9 Å². The van der Waals surface area contributed by atoms with Gasteiger partial charge in [0.15, 0.2) is 0 Å². The Bertz CT molecular complexity index is 875. The van der Waals surface area contributed by atoms with E-state index in [-0.39, 0.29) is 6.03 Å². The van der Waals surface area contributed by atoms with Crippen molar-refractivity contribution in [3.05, 3.63) is 42.7 Å². The van der Waals surface area contributed by atoms with Gasteiger partial charge >= 0.3 is 6.03 Å². The van der Waals surface area contributed by atoms with Crippen LogP contribution in [0.5, 0.6) is 0 Å². The molecule has 23 heavy (non-hydrogen) atoms. The third-order valence-corrected chi connectivity index (χ3v) is 4.00. The van der Waals surface area contributed by atoms with Crippen molar-refractivity contribution in [3.8, 4) is 0 Å². The van der Waals surface area contributed by atoms with Crippen LogP contribution in [0.2, 0.25) is 0 Å². The van der Waals surface area contributed by atoms with Crippen LogP contribution in [0.4, 0.5) is 10.5 Å². The van der Waals surface area contributed by atoms with E-state index in [1.807, 2.05) is 30.3 Å². The number of carbonyl (C=O) groups excluding carboxylic acids is 1. The number of nitrogens with zero attached hydrogens (tertiary/aromatic N) is 3. The second-order valence-electron chi connectivity index (χ2n) is 5.43. The molecule has 6 heteroatoms. The first kappa shape index (κ1) is 13.9. The molecule has 1 saturated heterocycles. The number of fused-ring (bicyclic) bond motifs is 3. The highest BCUT2D eigenvalue weighted by Gasteiger charge is 2.18. The third kappa shape index (κ3) is 2.57. The lowest BCUT2D eigenvalue weighted by Crippen LogP contribution is -2.43. The number of carbonyl (C=O) groups is 1. The maximum absolute atomic E-state index is 12.5. The molecule has 0 unspecified atom stereocenters. The molecule has 116 valence electrons. The molecule has 0 aliphatic carbocycles. The molecule has 1 fully saturated rings. The van der Waals surface area contributed by atoms with Crippen LogP contribution in [0.3, 0.4) is 0 Å². The number of rotatable bonds is 1. The normalized spacial score (nSPS) is 15.0. The van der Waals surface area contributed by atoms with E-state index in [2.05, 4.69) is 15.3 Å². The molecule has 2 amide bonds. The monoisotopic (exact) mass is 308 g/mol. The summed E-state index contributed by atoms with van der Waals surface area (Å²) in [5.74, 6) is 0. The fraction of sp³-hybridized carbons (Fsp3) is 0.235. The summed E-state index contributed by atoms with van der Waals surface area (Å²) in [6.45, 7) is 2.38. The minimum absolute atomic E-state index is 0.110. The molecular weight excluding hydrogens is 292 g/mol. The zero-order valence-electron chi connectivity index (χ0n) is 12.5. The van der Waals surface area contributed by atoms with Crippen molar-refractivity contribution in [1.29, 1.82) is 0 Å². The lowest BCUT2D eigenvalue weighted by molar-refractivity contribution is 0.0565. The predicted molar refractivity (Wildman–Crippen MR) is 88.5 cm³/mol. The number of pyridine rings is 2. The van der Waals surface area contributed by atoms with Gasteiger partial charge in [-0.05, 0) is 24.3 Å². The van der Waals surface area contributed by atoms with E-state index < -0.39 is 0 Å². The smallest absolute Gasteiger partial charge is 0.322 e. The van der Waals surface area contributed by atoms with E-state index in [0.717, 1.165) is 27.5 Å². The van der Waals surface area contributed by atoms with Gasteiger partial charge in [0.25, 0.3) is 0 Å². The SMILES string of the molecule is O=C(Nc1cc2cccnc2c2ncccc12)N1CCOCC1.